The summed E-state index contributed by atoms with van der Waals surface area (Å²) in [6, 6.07) is 2.90. The summed E-state index contributed by atoms with van der Waals surface area (Å²) in [7, 11) is 0. The summed E-state index contributed by atoms with van der Waals surface area (Å²) in [6.07, 6.45) is -1.05. The van der Waals surface area contributed by atoms with Gasteiger partial charge in [0.05, 0.1) is 0 Å². The van der Waals surface area contributed by atoms with Crippen LogP contribution in [0, 0.1) is 12.8 Å². The van der Waals surface area contributed by atoms with Gasteiger partial charge < -0.3 is 15.7 Å². The third-order valence-corrected chi connectivity index (χ3v) is 4.13. The number of nitrogens with one attached hydrogen (secondary N) is 2. The number of alkyl halides is 3. The fraction of sp³-hybridized carbons (Fsp3) is 0.625. The van der Waals surface area contributed by atoms with Crippen molar-refractivity contribution in [2.24, 2.45) is 5.92 Å². The molecule has 1 fully saturated rings. The summed E-state index contributed by atoms with van der Waals surface area (Å²) in [5.74, 6) is 0.00367. The van der Waals surface area contributed by atoms with Crippen LogP contribution in [-0.4, -0.2) is 41.4 Å². The number of aliphatic hydroxyl groups excluding tert-OH is 1. The first-order valence-electron chi connectivity index (χ1n) is 7.98. The number of amides is 1. The fourth-order valence-corrected chi connectivity index (χ4v) is 2.84. The number of hydrogen-bond donors (Lipinski definition) is 3. The molecule has 24 heavy (non-hydrogen) atoms. The third-order valence-electron chi connectivity index (χ3n) is 4.13. The van der Waals surface area contributed by atoms with E-state index in [9.17, 15) is 18.0 Å². The molecular formula is C16H22F3N3O2. The maximum atomic E-state index is 12.3. The predicted molar refractivity (Wildman–Crippen MR) is 83.8 cm³/mol. The number of aromatic nitrogens is 1. The smallest absolute Gasteiger partial charge is 0.396 e. The van der Waals surface area contributed by atoms with Gasteiger partial charge in [0.1, 0.15) is 12.4 Å². The van der Waals surface area contributed by atoms with E-state index in [0.717, 1.165) is 25.7 Å². The van der Waals surface area contributed by atoms with Crippen molar-refractivity contribution in [3.63, 3.8) is 0 Å². The Balaban J connectivity index is 1.97. The number of rotatable bonds is 5. The van der Waals surface area contributed by atoms with Crippen molar-refractivity contribution in [1.82, 2.24) is 10.3 Å². The summed E-state index contributed by atoms with van der Waals surface area (Å²) >= 11 is 0. The number of hydrogen-bond acceptors (Lipinski definition) is 4. The molecule has 1 aromatic rings. The van der Waals surface area contributed by atoms with E-state index in [1.54, 1.807) is 13.0 Å². The molecule has 0 aliphatic heterocycles. The van der Waals surface area contributed by atoms with E-state index in [0.29, 0.717) is 11.6 Å². The van der Waals surface area contributed by atoms with Gasteiger partial charge in [0.15, 0.2) is 0 Å². The Labute approximate surface area is 138 Å². The van der Waals surface area contributed by atoms with Crippen LogP contribution in [-0.2, 0) is 0 Å². The average Bonchev–Trinajstić information content (AvgIpc) is 2.52. The standard InChI is InChI=1S/C16H22F3N3O2/c1-10-6-12(7-14(21-10)20-9-16(17,18)19)15(24)22-13-4-2-11(8-23)3-5-13/h6-7,11,13,23H,2-5,8-9H2,1H3,(H,20,21)(H,22,24). The van der Waals surface area contributed by atoms with Crippen LogP contribution in [0.2, 0.25) is 0 Å². The number of carbonyl (C=O) groups excluding carboxylic acids is 1. The lowest BCUT2D eigenvalue weighted by Crippen LogP contribution is -2.38. The molecule has 3 N–H and O–H groups in total. The highest BCUT2D eigenvalue weighted by Gasteiger charge is 2.27. The Morgan fingerprint density at radius 3 is 2.54 bits per heavy atom. The number of halogens is 3. The van der Waals surface area contributed by atoms with Gasteiger partial charge >= 0.3 is 6.18 Å². The maximum Gasteiger partial charge on any atom is 0.405 e. The minimum Gasteiger partial charge on any atom is -0.396 e. The Bertz CT molecular complexity index is 570. The Hall–Kier alpha value is -1.83. The second-order valence-corrected chi connectivity index (χ2v) is 6.22. The highest BCUT2D eigenvalue weighted by molar-refractivity contribution is 5.95. The predicted octanol–water partition coefficient (Wildman–Crippen LogP) is 2.65. The molecule has 1 aromatic heterocycles. The van der Waals surface area contributed by atoms with Gasteiger partial charge in [-0.25, -0.2) is 4.98 Å². The van der Waals surface area contributed by atoms with Crippen LogP contribution in [0.15, 0.2) is 12.1 Å². The van der Waals surface area contributed by atoms with Gasteiger partial charge in [-0.3, -0.25) is 4.79 Å². The molecule has 0 saturated heterocycles. The molecule has 8 heteroatoms. The van der Waals surface area contributed by atoms with Gasteiger partial charge in [-0.05, 0) is 50.7 Å². The fourth-order valence-electron chi connectivity index (χ4n) is 2.84. The summed E-state index contributed by atoms with van der Waals surface area (Å²) < 4.78 is 36.9. The van der Waals surface area contributed by atoms with Crippen LogP contribution >= 0.6 is 0 Å². The zero-order valence-electron chi connectivity index (χ0n) is 13.5. The maximum absolute atomic E-state index is 12.3. The molecule has 0 aromatic carbocycles. The number of carbonyl (C=O) groups is 1. The Morgan fingerprint density at radius 1 is 1.29 bits per heavy atom. The summed E-state index contributed by atoms with van der Waals surface area (Å²) in [6.45, 7) is 0.593. The van der Waals surface area contributed by atoms with E-state index in [4.69, 9.17) is 5.11 Å². The highest BCUT2D eigenvalue weighted by Crippen LogP contribution is 2.24. The molecule has 0 spiro atoms. The molecule has 5 nitrogen and oxygen atoms in total. The zero-order valence-corrected chi connectivity index (χ0v) is 13.5. The van der Waals surface area contributed by atoms with Gasteiger partial charge in [-0.1, -0.05) is 0 Å². The van der Waals surface area contributed by atoms with Crippen molar-refractivity contribution in [1.29, 1.82) is 0 Å². The van der Waals surface area contributed by atoms with Crippen LogP contribution in [0.1, 0.15) is 41.7 Å². The Morgan fingerprint density at radius 2 is 1.96 bits per heavy atom. The van der Waals surface area contributed by atoms with Crippen molar-refractivity contribution in [3.05, 3.63) is 23.4 Å². The van der Waals surface area contributed by atoms with Crippen LogP contribution in [0.25, 0.3) is 0 Å². The van der Waals surface area contributed by atoms with Gasteiger partial charge in [-0.15, -0.1) is 0 Å². The number of pyridine rings is 1. The van der Waals surface area contributed by atoms with E-state index in [1.807, 2.05) is 0 Å². The monoisotopic (exact) mass is 345 g/mol. The van der Waals surface area contributed by atoms with Gasteiger partial charge in [0, 0.05) is 23.9 Å². The minimum atomic E-state index is -4.35. The highest BCUT2D eigenvalue weighted by atomic mass is 19.4. The van der Waals surface area contributed by atoms with E-state index < -0.39 is 12.7 Å². The third kappa shape index (κ3) is 5.67. The first kappa shape index (κ1) is 18.5. The van der Waals surface area contributed by atoms with Gasteiger partial charge in [0.25, 0.3) is 5.91 Å². The van der Waals surface area contributed by atoms with Crippen molar-refractivity contribution < 1.29 is 23.1 Å². The largest absolute Gasteiger partial charge is 0.405 e. The first-order valence-corrected chi connectivity index (χ1v) is 7.98. The van der Waals surface area contributed by atoms with Crippen LogP contribution in [0.4, 0.5) is 19.0 Å². The van der Waals surface area contributed by atoms with Crippen molar-refractivity contribution >= 4 is 11.7 Å². The lowest BCUT2D eigenvalue weighted by atomic mass is 9.86. The number of anilines is 1. The lowest BCUT2D eigenvalue weighted by molar-refractivity contribution is -0.115. The molecule has 1 aliphatic carbocycles. The summed E-state index contributed by atoms with van der Waals surface area (Å²) in [5, 5.41) is 14.2. The number of nitrogens with zero attached hydrogens (tertiary/aromatic N) is 1. The van der Waals surface area contributed by atoms with Crippen molar-refractivity contribution in [2.45, 2.75) is 44.8 Å². The van der Waals surface area contributed by atoms with Crippen LogP contribution in [0.5, 0.6) is 0 Å². The molecule has 0 atom stereocenters. The van der Waals surface area contributed by atoms with Gasteiger partial charge in [0.2, 0.25) is 0 Å². The molecule has 1 heterocycles. The topological polar surface area (TPSA) is 74.2 Å². The second-order valence-electron chi connectivity index (χ2n) is 6.22. The molecular weight excluding hydrogens is 323 g/mol. The summed E-state index contributed by atoms with van der Waals surface area (Å²) in [4.78, 5) is 16.3. The molecule has 1 amide bonds. The molecule has 2 rings (SSSR count). The average molecular weight is 345 g/mol. The molecule has 0 radical (unpaired) electrons. The van der Waals surface area contributed by atoms with Crippen LogP contribution in [0.3, 0.4) is 0 Å². The zero-order chi connectivity index (χ0) is 17.7. The summed E-state index contributed by atoms with van der Waals surface area (Å²) in [5.41, 5.74) is 0.757. The quantitative estimate of drug-likeness (QED) is 0.767. The second kappa shape index (κ2) is 7.83. The van der Waals surface area contributed by atoms with E-state index >= 15 is 0 Å². The molecule has 0 bridgehead atoms. The van der Waals surface area contributed by atoms with Crippen LogP contribution < -0.4 is 10.6 Å². The molecule has 1 aliphatic rings. The van der Waals surface area contributed by atoms with Crippen molar-refractivity contribution in [2.75, 3.05) is 18.5 Å². The van der Waals surface area contributed by atoms with E-state index in [2.05, 4.69) is 15.6 Å². The normalized spacial score (nSPS) is 21.4. The van der Waals surface area contributed by atoms with E-state index in [-0.39, 0.29) is 29.9 Å². The minimum absolute atomic E-state index is 0.0281. The van der Waals surface area contributed by atoms with Crippen molar-refractivity contribution in [3.8, 4) is 0 Å². The SMILES string of the molecule is Cc1cc(C(=O)NC2CCC(CO)CC2)cc(NCC(F)(F)F)n1. The molecule has 134 valence electrons. The number of aryl methyl sites for hydroxylation is 1. The van der Waals surface area contributed by atoms with E-state index in [1.165, 1.54) is 6.07 Å². The molecule has 0 unspecified atom stereocenters. The van der Waals surface area contributed by atoms with Gasteiger partial charge in [-0.2, -0.15) is 13.2 Å². The first-order chi connectivity index (χ1) is 11.3. The molecule has 1 saturated carbocycles. The lowest BCUT2D eigenvalue weighted by Gasteiger charge is -2.28. The number of aliphatic hydroxyl groups is 1. The Kier molecular flexibility index (Phi) is 6.04.